The molecule has 2 amide bonds. The number of carbonyl (C=O) groups excluding carboxylic acids is 2. The third-order valence-electron chi connectivity index (χ3n) is 3.88. The third-order valence-corrected chi connectivity index (χ3v) is 3.88. The lowest BCUT2D eigenvalue weighted by molar-refractivity contribution is -0.126. The highest BCUT2D eigenvalue weighted by Gasteiger charge is 2.29. The van der Waals surface area contributed by atoms with Crippen LogP contribution in [-0.2, 0) is 4.79 Å². The number of rotatable bonds is 4. The smallest absolute Gasteiger partial charge is 0.259 e. The van der Waals surface area contributed by atoms with Crippen LogP contribution in [0.2, 0.25) is 0 Å². The Balaban J connectivity index is 1.97. The van der Waals surface area contributed by atoms with E-state index in [0.717, 1.165) is 18.6 Å². The largest absolute Gasteiger partial charge is 0.356 e. The maximum Gasteiger partial charge on any atom is 0.259 e. The fourth-order valence-corrected chi connectivity index (χ4v) is 2.60. The lowest BCUT2D eigenvalue weighted by Crippen LogP contribution is -2.43. The van der Waals surface area contributed by atoms with Gasteiger partial charge in [0.25, 0.3) is 5.91 Å². The number of hydrogen-bond donors (Lipinski definition) is 1. The van der Waals surface area contributed by atoms with E-state index in [9.17, 15) is 18.4 Å². The molecule has 2 rings (SSSR count). The van der Waals surface area contributed by atoms with Gasteiger partial charge in [0, 0.05) is 25.6 Å². The summed E-state index contributed by atoms with van der Waals surface area (Å²) >= 11 is 0. The quantitative estimate of drug-likeness (QED) is 0.928. The van der Waals surface area contributed by atoms with Gasteiger partial charge in [0.05, 0.1) is 0 Å². The van der Waals surface area contributed by atoms with Crippen LogP contribution in [0.15, 0.2) is 18.2 Å². The molecule has 0 atom stereocenters. The van der Waals surface area contributed by atoms with Crippen LogP contribution in [0.5, 0.6) is 0 Å². The van der Waals surface area contributed by atoms with Crippen molar-refractivity contribution in [2.24, 2.45) is 5.92 Å². The number of likely N-dealkylation sites (tertiary alicyclic amines) is 1. The van der Waals surface area contributed by atoms with E-state index >= 15 is 0 Å². The highest BCUT2D eigenvalue weighted by molar-refractivity contribution is 5.95. The first-order valence-corrected chi connectivity index (χ1v) is 7.55. The molecule has 120 valence electrons. The standard InChI is InChI=1S/C16H20F2N2O2/c1-2-8-19-15(21)11-6-9-20(10-7-11)16(22)14-12(17)4-3-5-13(14)18/h3-5,11H,2,6-10H2,1H3,(H,19,21). The SMILES string of the molecule is CCCNC(=O)C1CCN(C(=O)c2c(F)cccc2F)CC1. The van der Waals surface area contributed by atoms with E-state index < -0.39 is 23.1 Å². The summed E-state index contributed by atoms with van der Waals surface area (Å²) in [4.78, 5) is 25.5. The van der Waals surface area contributed by atoms with Crippen LogP contribution in [0.4, 0.5) is 8.78 Å². The molecular formula is C16H20F2N2O2. The van der Waals surface area contributed by atoms with Gasteiger partial charge in [-0.1, -0.05) is 13.0 Å². The van der Waals surface area contributed by atoms with Crippen molar-refractivity contribution in [1.82, 2.24) is 10.2 Å². The van der Waals surface area contributed by atoms with E-state index in [2.05, 4.69) is 5.32 Å². The Hall–Kier alpha value is -1.98. The Morgan fingerprint density at radius 2 is 1.82 bits per heavy atom. The lowest BCUT2D eigenvalue weighted by atomic mass is 9.95. The van der Waals surface area contributed by atoms with E-state index in [4.69, 9.17) is 0 Å². The van der Waals surface area contributed by atoms with Gasteiger partial charge in [-0.25, -0.2) is 8.78 Å². The van der Waals surface area contributed by atoms with E-state index in [-0.39, 0.29) is 11.8 Å². The number of piperidine rings is 1. The van der Waals surface area contributed by atoms with E-state index in [1.54, 1.807) is 0 Å². The van der Waals surface area contributed by atoms with Gasteiger partial charge in [-0.15, -0.1) is 0 Å². The molecule has 0 radical (unpaired) electrons. The molecule has 0 aliphatic carbocycles. The maximum absolute atomic E-state index is 13.6. The summed E-state index contributed by atoms with van der Waals surface area (Å²) in [6, 6.07) is 3.37. The predicted molar refractivity (Wildman–Crippen MR) is 78.3 cm³/mol. The Morgan fingerprint density at radius 3 is 2.36 bits per heavy atom. The van der Waals surface area contributed by atoms with Crippen LogP contribution in [-0.4, -0.2) is 36.3 Å². The van der Waals surface area contributed by atoms with Crippen molar-refractivity contribution < 1.29 is 18.4 Å². The van der Waals surface area contributed by atoms with Gasteiger partial charge in [-0.05, 0) is 31.4 Å². The van der Waals surface area contributed by atoms with Crippen LogP contribution >= 0.6 is 0 Å². The van der Waals surface area contributed by atoms with Crippen molar-refractivity contribution in [3.05, 3.63) is 35.4 Å². The van der Waals surface area contributed by atoms with Gasteiger partial charge in [0.1, 0.15) is 17.2 Å². The van der Waals surface area contributed by atoms with Crippen LogP contribution in [0.1, 0.15) is 36.5 Å². The Bertz CT molecular complexity index is 535. The summed E-state index contributed by atoms with van der Waals surface area (Å²) < 4.78 is 27.3. The summed E-state index contributed by atoms with van der Waals surface area (Å²) in [5, 5.41) is 2.83. The highest BCUT2D eigenvalue weighted by Crippen LogP contribution is 2.21. The number of hydrogen-bond acceptors (Lipinski definition) is 2. The molecule has 1 aliphatic heterocycles. The summed E-state index contributed by atoms with van der Waals surface area (Å²) in [5.41, 5.74) is -0.517. The number of carbonyl (C=O) groups is 2. The average molecular weight is 310 g/mol. The number of amides is 2. The van der Waals surface area contributed by atoms with Crippen LogP contribution in [0.3, 0.4) is 0 Å². The Kier molecular flexibility index (Phi) is 5.46. The molecule has 0 bridgehead atoms. The van der Waals surface area contributed by atoms with Crippen molar-refractivity contribution in [1.29, 1.82) is 0 Å². The maximum atomic E-state index is 13.6. The molecule has 1 saturated heterocycles. The highest BCUT2D eigenvalue weighted by atomic mass is 19.1. The summed E-state index contributed by atoms with van der Waals surface area (Å²) in [6.45, 7) is 3.27. The zero-order chi connectivity index (χ0) is 16.1. The van der Waals surface area contributed by atoms with E-state index in [1.165, 1.54) is 11.0 Å². The predicted octanol–water partition coefficient (Wildman–Crippen LogP) is 2.34. The average Bonchev–Trinajstić information content (AvgIpc) is 2.52. The first-order chi connectivity index (χ1) is 10.5. The van der Waals surface area contributed by atoms with E-state index in [1.807, 2.05) is 6.92 Å². The normalized spacial score (nSPS) is 15.7. The second kappa shape index (κ2) is 7.33. The number of halogens is 2. The van der Waals surface area contributed by atoms with Gasteiger partial charge in [-0.2, -0.15) is 0 Å². The molecule has 6 heteroatoms. The fraction of sp³-hybridized carbons (Fsp3) is 0.500. The van der Waals surface area contributed by atoms with Crippen molar-refractivity contribution >= 4 is 11.8 Å². The van der Waals surface area contributed by atoms with Crippen molar-refractivity contribution in [3.8, 4) is 0 Å². The van der Waals surface area contributed by atoms with Gasteiger partial charge < -0.3 is 10.2 Å². The summed E-state index contributed by atoms with van der Waals surface area (Å²) in [5.74, 6) is -2.50. The second-order valence-corrected chi connectivity index (χ2v) is 5.45. The van der Waals surface area contributed by atoms with Crippen molar-refractivity contribution in [2.75, 3.05) is 19.6 Å². The van der Waals surface area contributed by atoms with Crippen LogP contribution in [0, 0.1) is 17.6 Å². The zero-order valence-corrected chi connectivity index (χ0v) is 12.6. The fourth-order valence-electron chi connectivity index (χ4n) is 2.60. The molecule has 1 aromatic rings. The van der Waals surface area contributed by atoms with Gasteiger partial charge >= 0.3 is 0 Å². The van der Waals surface area contributed by atoms with E-state index in [0.29, 0.717) is 32.5 Å². The molecule has 1 heterocycles. The van der Waals surface area contributed by atoms with Gasteiger partial charge in [0.2, 0.25) is 5.91 Å². The molecule has 22 heavy (non-hydrogen) atoms. The van der Waals surface area contributed by atoms with Gasteiger partial charge in [-0.3, -0.25) is 9.59 Å². The molecule has 4 nitrogen and oxygen atoms in total. The molecule has 1 aromatic carbocycles. The Morgan fingerprint density at radius 1 is 1.23 bits per heavy atom. The molecule has 0 unspecified atom stereocenters. The monoisotopic (exact) mass is 310 g/mol. The third kappa shape index (κ3) is 3.61. The summed E-state index contributed by atoms with van der Waals surface area (Å²) in [7, 11) is 0. The molecule has 1 aliphatic rings. The molecule has 1 fully saturated rings. The van der Waals surface area contributed by atoms with Crippen molar-refractivity contribution in [2.45, 2.75) is 26.2 Å². The molecule has 0 saturated carbocycles. The van der Waals surface area contributed by atoms with Gasteiger partial charge in [0.15, 0.2) is 0 Å². The lowest BCUT2D eigenvalue weighted by Gasteiger charge is -2.31. The minimum absolute atomic E-state index is 0.00831. The number of nitrogens with zero attached hydrogens (tertiary/aromatic N) is 1. The first kappa shape index (κ1) is 16.4. The second-order valence-electron chi connectivity index (χ2n) is 5.45. The van der Waals surface area contributed by atoms with Crippen LogP contribution in [0.25, 0.3) is 0 Å². The minimum Gasteiger partial charge on any atom is -0.356 e. The van der Waals surface area contributed by atoms with Crippen molar-refractivity contribution in [3.63, 3.8) is 0 Å². The topological polar surface area (TPSA) is 49.4 Å². The molecule has 0 spiro atoms. The summed E-state index contributed by atoms with van der Waals surface area (Å²) in [6.07, 6.45) is 1.89. The number of nitrogens with one attached hydrogen (secondary N) is 1. The molecule has 1 N–H and O–H groups in total. The molecule has 0 aromatic heterocycles. The van der Waals surface area contributed by atoms with Crippen LogP contribution < -0.4 is 5.32 Å². The zero-order valence-electron chi connectivity index (χ0n) is 12.6. The minimum atomic E-state index is -0.854. The molecular weight excluding hydrogens is 290 g/mol. The Labute approximate surface area is 128 Å². The number of benzene rings is 1. The first-order valence-electron chi connectivity index (χ1n) is 7.55.